The quantitative estimate of drug-likeness (QED) is 0.789. The number of hydrogen-bond donors (Lipinski definition) is 2. The second-order valence-corrected chi connectivity index (χ2v) is 7.16. The SMILES string of the molecule is O=C(c1ccccn1)N1CCCCCc2ccccc2OC[C@@H](O)[C@@H](O)CC1. The van der Waals surface area contributed by atoms with Gasteiger partial charge in [-0.1, -0.05) is 30.7 Å². The number of aliphatic hydroxyl groups excluding tert-OH is 2. The number of ether oxygens (including phenoxy) is 1. The van der Waals surface area contributed by atoms with Gasteiger partial charge in [-0.3, -0.25) is 9.78 Å². The number of carbonyl (C=O) groups is 1. The summed E-state index contributed by atoms with van der Waals surface area (Å²) in [6.07, 6.45) is 3.65. The summed E-state index contributed by atoms with van der Waals surface area (Å²) in [6, 6.07) is 13.1. The maximum atomic E-state index is 12.8. The first kappa shape index (κ1) is 20.3. The largest absolute Gasteiger partial charge is 0.491 e. The Hall–Kier alpha value is -2.44. The highest BCUT2D eigenvalue weighted by Crippen LogP contribution is 2.21. The van der Waals surface area contributed by atoms with Crippen molar-refractivity contribution in [3.8, 4) is 5.75 Å². The standard InChI is InChI=1S/C22H28N2O4/c25-19-12-15-24(22(27)18-10-5-6-13-23-18)14-7-1-2-8-17-9-3-4-11-21(17)28-16-20(19)26/h3-6,9-11,13,19-20,25-26H,1-2,7-8,12,14-16H2/t19-,20+/m0/s1. The number of rotatable bonds is 1. The number of pyridine rings is 1. The van der Waals surface area contributed by atoms with Gasteiger partial charge in [0.1, 0.15) is 24.2 Å². The van der Waals surface area contributed by atoms with Gasteiger partial charge in [-0.15, -0.1) is 0 Å². The lowest BCUT2D eigenvalue weighted by Gasteiger charge is -2.26. The molecule has 1 aliphatic heterocycles. The van der Waals surface area contributed by atoms with E-state index in [0.29, 0.717) is 18.8 Å². The Kier molecular flexibility index (Phi) is 7.39. The number of amides is 1. The van der Waals surface area contributed by atoms with Crippen molar-refractivity contribution in [2.75, 3.05) is 19.7 Å². The molecule has 0 aliphatic carbocycles. The van der Waals surface area contributed by atoms with E-state index in [4.69, 9.17) is 4.74 Å². The molecule has 0 bridgehead atoms. The molecule has 3 rings (SSSR count). The van der Waals surface area contributed by atoms with Gasteiger partial charge in [0, 0.05) is 19.3 Å². The van der Waals surface area contributed by atoms with E-state index < -0.39 is 12.2 Å². The Morgan fingerprint density at radius 1 is 1.00 bits per heavy atom. The van der Waals surface area contributed by atoms with Gasteiger partial charge >= 0.3 is 0 Å². The maximum absolute atomic E-state index is 12.8. The van der Waals surface area contributed by atoms with Crippen molar-refractivity contribution in [2.24, 2.45) is 0 Å². The molecule has 2 aromatic rings. The van der Waals surface area contributed by atoms with E-state index in [-0.39, 0.29) is 18.9 Å². The zero-order chi connectivity index (χ0) is 19.8. The smallest absolute Gasteiger partial charge is 0.272 e. The molecule has 1 amide bonds. The summed E-state index contributed by atoms with van der Waals surface area (Å²) < 4.78 is 5.76. The normalized spacial score (nSPS) is 21.9. The zero-order valence-electron chi connectivity index (χ0n) is 16.0. The number of aliphatic hydroxyl groups is 2. The molecule has 1 aliphatic rings. The van der Waals surface area contributed by atoms with Crippen LogP contribution in [0, 0.1) is 0 Å². The van der Waals surface area contributed by atoms with Gasteiger partial charge in [-0.2, -0.15) is 0 Å². The van der Waals surface area contributed by atoms with Gasteiger partial charge in [-0.05, 0) is 49.4 Å². The van der Waals surface area contributed by atoms with Crippen LogP contribution in [0.25, 0.3) is 0 Å². The summed E-state index contributed by atoms with van der Waals surface area (Å²) >= 11 is 0. The first-order chi connectivity index (χ1) is 13.6. The van der Waals surface area contributed by atoms with Crippen LogP contribution in [0.1, 0.15) is 41.7 Å². The molecule has 1 aromatic carbocycles. The van der Waals surface area contributed by atoms with E-state index in [0.717, 1.165) is 37.0 Å². The number of hydrogen-bond acceptors (Lipinski definition) is 5. The number of carbonyl (C=O) groups excluding carboxylic acids is 1. The number of benzene rings is 1. The van der Waals surface area contributed by atoms with E-state index in [9.17, 15) is 15.0 Å². The molecule has 0 saturated carbocycles. The first-order valence-corrected chi connectivity index (χ1v) is 9.92. The number of aryl methyl sites for hydroxylation is 1. The van der Waals surface area contributed by atoms with Crippen LogP contribution in [0.5, 0.6) is 5.75 Å². The molecular formula is C22H28N2O4. The van der Waals surface area contributed by atoms with Gasteiger partial charge in [0.2, 0.25) is 0 Å². The molecule has 2 N–H and O–H groups in total. The fraction of sp³-hybridized carbons (Fsp3) is 0.455. The molecule has 2 atom stereocenters. The van der Waals surface area contributed by atoms with Crippen molar-refractivity contribution in [2.45, 2.75) is 44.3 Å². The van der Waals surface area contributed by atoms with Crippen LogP contribution in [0.4, 0.5) is 0 Å². The van der Waals surface area contributed by atoms with Crippen LogP contribution in [0.15, 0.2) is 48.7 Å². The number of nitrogens with zero attached hydrogens (tertiary/aromatic N) is 2. The molecule has 28 heavy (non-hydrogen) atoms. The molecule has 6 heteroatoms. The fourth-order valence-corrected chi connectivity index (χ4v) is 3.38. The highest BCUT2D eigenvalue weighted by atomic mass is 16.5. The lowest BCUT2D eigenvalue weighted by atomic mass is 10.0. The number of aromatic nitrogens is 1. The average molecular weight is 384 g/mol. The minimum absolute atomic E-state index is 0.0202. The predicted octanol–water partition coefficient (Wildman–Crippen LogP) is 2.44. The molecule has 0 saturated heterocycles. The van der Waals surface area contributed by atoms with Crippen LogP contribution in [0.2, 0.25) is 0 Å². The molecular weight excluding hydrogens is 356 g/mol. The first-order valence-electron chi connectivity index (χ1n) is 9.92. The second kappa shape index (κ2) is 10.2. The molecule has 1 aromatic heterocycles. The van der Waals surface area contributed by atoms with Gasteiger partial charge in [0.05, 0.1) is 6.10 Å². The summed E-state index contributed by atoms with van der Waals surface area (Å²) in [5, 5.41) is 20.6. The Labute approximate surface area is 165 Å². The summed E-state index contributed by atoms with van der Waals surface area (Å²) in [5.41, 5.74) is 1.50. The van der Waals surface area contributed by atoms with Gasteiger partial charge in [0.15, 0.2) is 0 Å². The minimum Gasteiger partial charge on any atom is -0.491 e. The Balaban J connectivity index is 1.70. The highest BCUT2D eigenvalue weighted by Gasteiger charge is 2.22. The molecule has 150 valence electrons. The Morgan fingerprint density at radius 2 is 1.82 bits per heavy atom. The van der Waals surface area contributed by atoms with Crippen molar-refractivity contribution in [1.29, 1.82) is 0 Å². The van der Waals surface area contributed by atoms with Crippen LogP contribution in [-0.4, -0.2) is 57.9 Å². The third kappa shape index (κ3) is 5.53. The topological polar surface area (TPSA) is 82.9 Å². The molecule has 0 radical (unpaired) electrons. The number of fused-ring (bicyclic) bond motifs is 1. The maximum Gasteiger partial charge on any atom is 0.272 e. The molecule has 0 spiro atoms. The van der Waals surface area contributed by atoms with Crippen molar-refractivity contribution < 1.29 is 19.7 Å². The van der Waals surface area contributed by atoms with E-state index in [2.05, 4.69) is 4.98 Å². The highest BCUT2D eigenvalue weighted by molar-refractivity contribution is 5.92. The lowest BCUT2D eigenvalue weighted by Crippen LogP contribution is -2.39. The van der Waals surface area contributed by atoms with E-state index in [1.165, 1.54) is 0 Å². The third-order valence-corrected chi connectivity index (χ3v) is 5.07. The summed E-state index contributed by atoms with van der Waals surface area (Å²) in [5.74, 6) is 0.619. The molecule has 0 fully saturated rings. The van der Waals surface area contributed by atoms with Gasteiger partial charge < -0.3 is 19.8 Å². The van der Waals surface area contributed by atoms with Crippen LogP contribution in [-0.2, 0) is 6.42 Å². The molecule has 0 unspecified atom stereocenters. The zero-order valence-corrected chi connectivity index (χ0v) is 16.0. The fourth-order valence-electron chi connectivity index (χ4n) is 3.38. The monoisotopic (exact) mass is 384 g/mol. The van der Waals surface area contributed by atoms with Crippen molar-refractivity contribution in [3.05, 3.63) is 59.9 Å². The van der Waals surface area contributed by atoms with Crippen LogP contribution < -0.4 is 4.74 Å². The second-order valence-electron chi connectivity index (χ2n) is 7.16. The summed E-state index contributed by atoms with van der Waals surface area (Å²) in [7, 11) is 0. The predicted molar refractivity (Wildman–Crippen MR) is 106 cm³/mol. The number of para-hydroxylation sites is 1. The van der Waals surface area contributed by atoms with Crippen molar-refractivity contribution in [3.63, 3.8) is 0 Å². The van der Waals surface area contributed by atoms with Crippen LogP contribution in [0.3, 0.4) is 0 Å². The van der Waals surface area contributed by atoms with E-state index >= 15 is 0 Å². The Bertz CT molecular complexity index is 753. The van der Waals surface area contributed by atoms with Gasteiger partial charge in [-0.25, -0.2) is 0 Å². The average Bonchev–Trinajstić information content (AvgIpc) is 2.74. The Morgan fingerprint density at radius 3 is 2.64 bits per heavy atom. The van der Waals surface area contributed by atoms with E-state index in [1.54, 1.807) is 29.3 Å². The van der Waals surface area contributed by atoms with Gasteiger partial charge in [0.25, 0.3) is 5.91 Å². The van der Waals surface area contributed by atoms with E-state index in [1.807, 2.05) is 24.3 Å². The van der Waals surface area contributed by atoms with Crippen molar-refractivity contribution in [1.82, 2.24) is 9.88 Å². The van der Waals surface area contributed by atoms with Crippen LogP contribution >= 0.6 is 0 Å². The minimum atomic E-state index is -1.01. The summed E-state index contributed by atoms with van der Waals surface area (Å²) in [6.45, 7) is 0.993. The van der Waals surface area contributed by atoms with Crippen molar-refractivity contribution >= 4 is 5.91 Å². The molecule has 6 nitrogen and oxygen atoms in total. The molecule has 2 heterocycles. The lowest BCUT2D eigenvalue weighted by molar-refractivity contribution is -0.0153. The third-order valence-electron chi connectivity index (χ3n) is 5.07. The summed E-state index contributed by atoms with van der Waals surface area (Å²) in [4.78, 5) is 18.7.